The minimum Gasteiger partial charge on any atom is -0.0730 e. The Balaban J connectivity index is 2.03. The monoisotopic (exact) mass is 172 g/mol. The molecule has 0 spiro atoms. The van der Waals surface area contributed by atoms with Crippen molar-refractivity contribution in [2.75, 3.05) is 0 Å². The predicted octanol–water partition coefficient (Wildman–Crippen LogP) is 3.79. The first-order valence-corrected chi connectivity index (χ1v) is 5.17. The van der Waals surface area contributed by atoms with Gasteiger partial charge in [0.2, 0.25) is 0 Å². The highest BCUT2D eigenvalue weighted by molar-refractivity contribution is 5.47. The van der Waals surface area contributed by atoms with E-state index in [0.29, 0.717) is 5.92 Å². The van der Waals surface area contributed by atoms with Gasteiger partial charge in [-0.2, -0.15) is 0 Å². The topological polar surface area (TPSA) is 0 Å². The molecule has 0 saturated carbocycles. The molecular formula is C13H16. The molecule has 2 aliphatic rings. The molecule has 0 heterocycles. The van der Waals surface area contributed by atoms with Gasteiger partial charge in [-0.05, 0) is 18.4 Å². The van der Waals surface area contributed by atoms with Gasteiger partial charge in [-0.3, -0.25) is 0 Å². The van der Waals surface area contributed by atoms with E-state index >= 15 is 0 Å². The zero-order valence-electron chi connectivity index (χ0n) is 8.16. The van der Waals surface area contributed by atoms with Crippen LogP contribution in [0.4, 0.5) is 0 Å². The van der Waals surface area contributed by atoms with E-state index in [2.05, 4.69) is 43.4 Å². The first kappa shape index (κ1) is 8.55. The van der Waals surface area contributed by atoms with Gasteiger partial charge in [-0.15, -0.1) is 0 Å². The van der Waals surface area contributed by atoms with Crippen LogP contribution in [0.15, 0.2) is 47.6 Å². The van der Waals surface area contributed by atoms with Crippen LogP contribution in [0.25, 0.3) is 0 Å². The summed E-state index contributed by atoms with van der Waals surface area (Å²) in [6.07, 6.45) is 17.2. The summed E-state index contributed by atoms with van der Waals surface area (Å²) in [7, 11) is 0. The predicted molar refractivity (Wildman–Crippen MR) is 57.5 cm³/mol. The second-order valence-electron chi connectivity index (χ2n) is 3.73. The van der Waals surface area contributed by atoms with E-state index in [1.165, 1.54) is 24.8 Å². The highest BCUT2D eigenvalue weighted by Gasteiger charge is 2.18. The second kappa shape index (κ2) is 3.78. The molecular weight excluding hydrogens is 156 g/mol. The Hall–Kier alpha value is -1.04. The third-order valence-electron chi connectivity index (χ3n) is 2.77. The van der Waals surface area contributed by atoms with E-state index in [1.807, 2.05) is 0 Å². The molecule has 0 bridgehead atoms. The second-order valence-corrected chi connectivity index (χ2v) is 3.73. The third-order valence-corrected chi connectivity index (χ3v) is 2.77. The number of fused-ring (bicyclic) bond motifs is 1. The summed E-state index contributed by atoms with van der Waals surface area (Å²) in [5, 5.41) is 0. The molecule has 0 amide bonds. The summed E-state index contributed by atoms with van der Waals surface area (Å²) in [5.74, 6) is 0.608. The SMILES string of the molecule is CCCCC1=CC=C2C=CC=CC21. The van der Waals surface area contributed by atoms with E-state index in [9.17, 15) is 0 Å². The lowest BCUT2D eigenvalue weighted by atomic mass is 9.89. The zero-order chi connectivity index (χ0) is 9.10. The first-order chi connectivity index (χ1) is 6.42. The summed E-state index contributed by atoms with van der Waals surface area (Å²) in [5.41, 5.74) is 3.06. The Bertz CT molecular complexity index is 300. The first-order valence-electron chi connectivity index (χ1n) is 5.17. The molecule has 13 heavy (non-hydrogen) atoms. The summed E-state index contributed by atoms with van der Waals surface area (Å²) in [6, 6.07) is 0. The third kappa shape index (κ3) is 1.67. The largest absolute Gasteiger partial charge is 0.0730 e. The lowest BCUT2D eigenvalue weighted by Gasteiger charge is -2.15. The van der Waals surface area contributed by atoms with Crippen molar-refractivity contribution >= 4 is 0 Å². The van der Waals surface area contributed by atoms with Crippen LogP contribution in [-0.4, -0.2) is 0 Å². The average molecular weight is 172 g/mol. The van der Waals surface area contributed by atoms with Gasteiger partial charge in [0.05, 0.1) is 0 Å². The van der Waals surface area contributed by atoms with Crippen molar-refractivity contribution in [2.45, 2.75) is 26.2 Å². The molecule has 0 N–H and O–H groups in total. The van der Waals surface area contributed by atoms with Crippen LogP contribution in [0.3, 0.4) is 0 Å². The van der Waals surface area contributed by atoms with Gasteiger partial charge in [-0.25, -0.2) is 0 Å². The van der Waals surface area contributed by atoms with Gasteiger partial charge in [0.1, 0.15) is 0 Å². The highest BCUT2D eigenvalue weighted by atomic mass is 14.2. The summed E-state index contributed by atoms with van der Waals surface area (Å²) < 4.78 is 0. The van der Waals surface area contributed by atoms with E-state index in [0.717, 1.165) is 0 Å². The van der Waals surface area contributed by atoms with Gasteiger partial charge in [0.15, 0.2) is 0 Å². The van der Waals surface area contributed by atoms with Crippen LogP contribution in [0.5, 0.6) is 0 Å². The van der Waals surface area contributed by atoms with Crippen LogP contribution >= 0.6 is 0 Å². The van der Waals surface area contributed by atoms with E-state index < -0.39 is 0 Å². The number of hydrogen-bond acceptors (Lipinski definition) is 0. The van der Waals surface area contributed by atoms with E-state index in [4.69, 9.17) is 0 Å². The minimum atomic E-state index is 0.608. The molecule has 0 fully saturated rings. The molecule has 0 aromatic carbocycles. The molecule has 0 aromatic rings. The van der Waals surface area contributed by atoms with Crippen molar-refractivity contribution in [3.8, 4) is 0 Å². The fourth-order valence-corrected chi connectivity index (χ4v) is 1.98. The van der Waals surface area contributed by atoms with Gasteiger partial charge in [0.25, 0.3) is 0 Å². The maximum atomic E-state index is 2.31. The van der Waals surface area contributed by atoms with Gasteiger partial charge in [0, 0.05) is 5.92 Å². The Kier molecular flexibility index (Phi) is 2.49. The number of hydrogen-bond donors (Lipinski definition) is 0. The Morgan fingerprint density at radius 2 is 2.15 bits per heavy atom. The van der Waals surface area contributed by atoms with Gasteiger partial charge in [-0.1, -0.05) is 55.4 Å². The van der Waals surface area contributed by atoms with Crippen LogP contribution in [-0.2, 0) is 0 Å². The normalized spacial score (nSPS) is 24.2. The molecule has 0 heteroatoms. The van der Waals surface area contributed by atoms with Gasteiger partial charge < -0.3 is 0 Å². The minimum absolute atomic E-state index is 0.608. The Labute approximate surface area is 80.3 Å². The van der Waals surface area contributed by atoms with Crippen molar-refractivity contribution in [1.82, 2.24) is 0 Å². The molecule has 0 aromatic heterocycles. The van der Waals surface area contributed by atoms with Crippen LogP contribution in [0.2, 0.25) is 0 Å². The van der Waals surface area contributed by atoms with Crippen molar-refractivity contribution < 1.29 is 0 Å². The lowest BCUT2D eigenvalue weighted by molar-refractivity contribution is 0.739. The molecule has 0 saturated heterocycles. The highest BCUT2D eigenvalue weighted by Crippen LogP contribution is 2.33. The van der Waals surface area contributed by atoms with E-state index in [-0.39, 0.29) is 0 Å². The van der Waals surface area contributed by atoms with Crippen LogP contribution in [0, 0.1) is 5.92 Å². The molecule has 2 aliphatic carbocycles. The zero-order valence-corrected chi connectivity index (χ0v) is 8.16. The number of rotatable bonds is 3. The van der Waals surface area contributed by atoms with Crippen LogP contribution in [0.1, 0.15) is 26.2 Å². The maximum absolute atomic E-state index is 2.31. The lowest BCUT2D eigenvalue weighted by Crippen LogP contribution is -2.01. The van der Waals surface area contributed by atoms with Gasteiger partial charge >= 0.3 is 0 Å². The fourth-order valence-electron chi connectivity index (χ4n) is 1.98. The number of unbranched alkanes of at least 4 members (excludes halogenated alkanes) is 1. The van der Waals surface area contributed by atoms with Crippen LogP contribution < -0.4 is 0 Å². The number of allylic oxidation sites excluding steroid dienone is 8. The quantitative estimate of drug-likeness (QED) is 0.607. The average Bonchev–Trinajstić information content (AvgIpc) is 2.58. The molecule has 2 rings (SSSR count). The summed E-state index contributed by atoms with van der Waals surface area (Å²) >= 11 is 0. The molecule has 1 unspecified atom stereocenters. The van der Waals surface area contributed by atoms with Crippen molar-refractivity contribution in [3.63, 3.8) is 0 Å². The molecule has 0 radical (unpaired) electrons. The summed E-state index contributed by atoms with van der Waals surface area (Å²) in [6.45, 7) is 2.25. The van der Waals surface area contributed by atoms with Crippen molar-refractivity contribution in [2.24, 2.45) is 5.92 Å². The fraction of sp³-hybridized carbons (Fsp3) is 0.385. The molecule has 1 atom stereocenters. The Morgan fingerprint density at radius 1 is 1.23 bits per heavy atom. The van der Waals surface area contributed by atoms with Crippen molar-refractivity contribution in [1.29, 1.82) is 0 Å². The molecule has 0 nitrogen and oxygen atoms in total. The summed E-state index contributed by atoms with van der Waals surface area (Å²) in [4.78, 5) is 0. The molecule has 68 valence electrons. The Morgan fingerprint density at radius 3 is 3.00 bits per heavy atom. The standard InChI is InChI=1S/C13H16/c1-2-3-6-11-9-10-12-7-4-5-8-13(11)12/h4-5,7-10,13H,2-3,6H2,1H3. The van der Waals surface area contributed by atoms with E-state index in [1.54, 1.807) is 5.57 Å². The maximum Gasteiger partial charge on any atom is 0.0234 e. The molecule has 0 aliphatic heterocycles. The smallest absolute Gasteiger partial charge is 0.0234 e. The van der Waals surface area contributed by atoms with Crippen molar-refractivity contribution in [3.05, 3.63) is 47.6 Å².